The Bertz CT molecular complexity index is 1470. The summed E-state index contributed by atoms with van der Waals surface area (Å²) in [7, 11) is 2.87. The predicted octanol–water partition coefficient (Wildman–Crippen LogP) is 3.86. The molecule has 1 aliphatic heterocycles. The molecule has 1 saturated heterocycles. The SMILES string of the molecule is COc1ccc([C@@H]2CN(c3cccn(CC(C)OC)c3=O)C(=O)[C@H]2NC(=O)c2ccc(OC(F)(F)F)cc2)c(F)c1. The maximum absolute atomic E-state index is 15.2. The molecule has 13 heteroatoms. The molecule has 0 bridgehead atoms. The lowest BCUT2D eigenvalue weighted by Crippen LogP contribution is -2.44. The monoisotopic (exact) mass is 577 g/mol. The van der Waals surface area contributed by atoms with Gasteiger partial charge in [-0.2, -0.15) is 0 Å². The van der Waals surface area contributed by atoms with E-state index in [-0.39, 0.29) is 41.8 Å². The van der Waals surface area contributed by atoms with Crippen molar-refractivity contribution in [3.63, 3.8) is 0 Å². The van der Waals surface area contributed by atoms with E-state index in [1.807, 2.05) is 0 Å². The van der Waals surface area contributed by atoms with E-state index in [1.54, 1.807) is 19.2 Å². The van der Waals surface area contributed by atoms with Gasteiger partial charge in [-0.1, -0.05) is 6.07 Å². The Morgan fingerprint density at radius 1 is 1.07 bits per heavy atom. The first-order valence-electron chi connectivity index (χ1n) is 12.5. The number of amides is 2. The number of hydrogen-bond donors (Lipinski definition) is 1. The highest BCUT2D eigenvalue weighted by Gasteiger charge is 2.44. The van der Waals surface area contributed by atoms with Crippen molar-refractivity contribution in [2.75, 3.05) is 25.7 Å². The third-order valence-corrected chi connectivity index (χ3v) is 6.70. The second-order valence-electron chi connectivity index (χ2n) is 9.36. The van der Waals surface area contributed by atoms with E-state index in [4.69, 9.17) is 9.47 Å². The zero-order chi connectivity index (χ0) is 29.9. The number of halogens is 4. The van der Waals surface area contributed by atoms with Crippen LogP contribution in [0, 0.1) is 5.82 Å². The van der Waals surface area contributed by atoms with Crippen LogP contribution in [-0.4, -0.2) is 55.7 Å². The smallest absolute Gasteiger partial charge is 0.497 e. The number of methoxy groups -OCH3 is 2. The summed E-state index contributed by atoms with van der Waals surface area (Å²) in [5, 5.41) is 2.57. The maximum atomic E-state index is 15.2. The zero-order valence-corrected chi connectivity index (χ0v) is 22.3. The molecule has 2 aromatic carbocycles. The predicted molar refractivity (Wildman–Crippen MR) is 140 cm³/mol. The van der Waals surface area contributed by atoms with Crippen molar-refractivity contribution in [1.29, 1.82) is 0 Å². The molecular formula is C28H27F4N3O6. The van der Waals surface area contributed by atoms with E-state index >= 15 is 4.39 Å². The molecule has 0 spiro atoms. The van der Waals surface area contributed by atoms with Gasteiger partial charge in [0.2, 0.25) is 5.91 Å². The van der Waals surface area contributed by atoms with Crippen molar-refractivity contribution in [2.45, 2.75) is 37.9 Å². The molecule has 9 nitrogen and oxygen atoms in total. The molecule has 218 valence electrons. The number of nitrogens with zero attached hydrogens (tertiary/aromatic N) is 2. The molecule has 1 aromatic heterocycles. The Morgan fingerprint density at radius 3 is 2.37 bits per heavy atom. The van der Waals surface area contributed by atoms with Crippen LogP contribution >= 0.6 is 0 Å². The highest BCUT2D eigenvalue weighted by Crippen LogP contribution is 2.34. The van der Waals surface area contributed by atoms with Crippen molar-refractivity contribution in [3.8, 4) is 11.5 Å². The van der Waals surface area contributed by atoms with Crippen molar-refractivity contribution < 1.29 is 41.4 Å². The van der Waals surface area contributed by atoms with Crippen LogP contribution in [0.2, 0.25) is 0 Å². The summed E-state index contributed by atoms with van der Waals surface area (Å²) in [5.41, 5.74) is -0.406. The van der Waals surface area contributed by atoms with Crippen LogP contribution in [0.15, 0.2) is 65.6 Å². The summed E-state index contributed by atoms with van der Waals surface area (Å²) in [6.45, 7) is 1.86. The van der Waals surface area contributed by atoms with Gasteiger partial charge in [0.15, 0.2) is 0 Å². The van der Waals surface area contributed by atoms with Crippen molar-refractivity contribution in [1.82, 2.24) is 9.88 Å². The number of hydrogen-bond acceptors (Lipinski definition) is 6. The summed E-state index contributed by atoms with van der Waals surface area (Å²) >= 11 is 0. The van der Waals surface area contributed by atoms with Crippen LogP contribution in [-0.2, 0) is 16.1 Å². The quantitative estimate of drug-likeness (QED) is 0.388. The summed E-state index contributed by atoms with van der Waals surface area (Å²) in [6.07, 6.45) is -3.65. The molecule has 1 unspecified atom stereocenters. The lowest BCUT2D eigenvalue weighted by molar-refractivity contribution is -0.274. The Morgan fingerprint density at radius 2 is 1.76 bits per heavy atom. The van der Waals surface area contributed by atoms with Crippen LogP contribution in [0.1, 0.15) is 28.8 Å². The fourth-order valence-corrected chi connectivity index (χ4v) is 4.58. The molecule has 4 rings (SSSR count). The van der Waals surface area contributed by atoms with Gasteiger partial charge in [0.25, 0.3) is 11.5 Å². The molecule has 2 heterocycles. The van der Waals surface area contributed by atoms with Gasteiger partial charge < -0.3 is 29.0 Å². The average Bonchev–Trinajstić information content (AvgIpc) is 3.24. The highest BCUT2D eigenvalue weighted by atomic mass is 19.4. The number of alkyl halides is 3. The molecule has 1 N–H and O–H groups in total. The summed E-state index contributed by atoms with van der Waals surface area (Å²) < 4.78 is 68.2. The van der Waals surface area contributed by atoms with Gasteiger partial charge in [0, 0.05) is 37.4 Å². The van der Waals surface area contributed by atoms with Gasteiger partial charge >= 0.3 is 6.36 Å². The number of rotatable bonds is 9. The molecule has 3 aromatic rings. The fraction of sp³-hybridized carbons (Fsp3) is 0.321. The molecule has 1 fully saturated rings. The number of aromatic nitrogens is 1. The highest BCUT2D eigenvalue weighted by molar-refractivity contribution is 6.05. The number of carbonyl (C=O) groups is 2. The largest absolute Gasteiger partial charge is 0.573 e. The van der Waals surface area contributed by atoms with E-state index in [2.05, 4.69) is 10.1 Å². The normalized spacial score (nSPS) is 17.8. The molecule has 2 amide bonds. The summed E-state index contributed by atoms with van der Waals surface area (Å²) in [5.74, 6) is -3.34. The maximum Gasteiger partial charge on any atom is 0.573 e. The summed E-state index contributed by atoms with van der Waals surface area (Å²) in [6, 6.07) is 9.94. The minimum Gasteiger partial charge on any atom is -0.497 e. The van der Waals surface area contributed by atoms with Crippen LogP contribution in [0.25, 0.3) is 0 Å². The average molecular weight is 578 g/mol. The molecule has 0 aliphatic carbocycles. The van der Waals surface area contributed by atoms with Gasteiger partial charge in [-0.3, -0.25) is 14.4 Å². The Balaban J connectivity index is 1.67. The minimum absolute atomic E-state index is 0.0325. The van der Waals surface area contributed by atoms with Crippen LogP contribution < -0.4 is 25.2 Å². The fourth-order valence-electron chi connectivity index (χ4n) is 4.58. The molecule has 41 heavy (non-hydrogen) atoms. The number of pyridine rings is 1. The molecular weight excluding hydrogens is 550 g/mol. The first kappa shape index (κ1) is 29.6. The third kappa shape index (κ3) is 6.68. The zero-order valence-electron chi connectivity index (χ0n) is 22.3. The lowest BCUT2D eigenvalue weighted by Gasteiger charge is -2.19. The standard InChI is InChI=1S/C28H27F4N3O6/c1-16(39-2)14-34-12-4-5-23(26(34)37)35-15-21(20-11-10-19(40-3)13-22(20)29)24(27(35)38)33-25(36)17-6-8-18(9-7-17)41-28(30,31)32/h4-13,16,21,24H,14-15H2,1-3H3,(H,33,36)/t16?,21-,24-/m0/s1. The van der Waals surface area contributed by atoms with Crippen molar-refractivity contribution in [2.24, 2.45) is 0 Å². The van der Waals surface area contributed by atoms with Crippen LogP contribution in [0.3, 0.4) is 0 Å². The second-order valence-corrected chi connectivity index (χ2v) is 9.36. The van der Waals surface area contributed by atoms with Gasteiger partial charge in [0.05, 0.1) is 19.8 Å². The van der Waals surface area contributed by atoms with Crippen LogP contribution in [0.5, 0.6) is 11.5 Å². The van der Waals surface area contributed by atoms with Crippen molar-refractivity contribution >= 4 is 17.5 Å². The van der Waals surface area contributed by atoms with E-state index < -0.39 is 47.3 Å². The van der Waals surface area contributed by atoms with E-state index in [9.17, 15) is 27.6 Å². The number of anilines is 1. The second kappa shape index (κ2) is 12.0. The molecule has 3 atom stereocenters. The topological polar surface area (TPSA) is 99.1 Å². The van der Waals surface area contributed by atoms with Gasteiger partial charge in [-0.05, 0) is 55.0 Å². The van der Waals surface area contributed by atoms with Gasteiger partial charge in [0.1, 0.15) is 29.0 Å². The Hall–Kier alpha value is -4.39. The van der Waals surface area contributed by atoms with Crippen LogP contribution in [0.4, 0.5) is 23.2 Å². The van der Waals surface area contributed by atoms with E-state index in [1.165, 1.54) is 41.9 Å². The third-order valence-electron chi connectivity index (χ3n) is 6.70. The summed E-state index contributed by atoms with van der Waals surface area (Å²) in [4.78, 5) is 41.2. The van der Waals surface area contributed by atoms with Gasteiger partial charge in [-0.15, -0.1) is 13.2 Å². The number of ether oxygens (including phenoxy) is 3. The van der Waals surface area contributed by atoms with Gasteiger partial charge in [-0.25, -0.2) is 4.39 Å². The van der Waals surface area contributed by atoms with E-state index in [0.717, 1.165) is 30.3 Å². The Kier molecular flexibility index (Phi) is 8.66. The minimum atomic E-state index is -4.91. The van der Waals surface area contributed by atoms with Crippen molar-refractivity contribution in [3.05, 3.63) is 88.1 Å². The number of carbonyl (C=O) groups excluding carboxylic acids is 2. The molecule has 1 aliphatic rings. The first-order chi connectivity index (χ1) is 19.4. The molecule has 0 radical (unpaired) electrons. The lowest BCUT2D eigenvalue weighted by atomic mass is 9.93. The first-order valence-corrected chi connectivity index (χ1v) is 12.5. The number of benzene rings is 2. The Labute approximate surface area is 232 Å². The van der Waals surface area contributed by atoms with E-state index in [0.29, 0.717) is 0 Å². The molecule has 0 saturated carbocycles. The number of nitrogens with one attached hydrogen (secondary N) is 1.